The van der Waals surface area contributed by atoms with Gasteiger partial charge in [-0.1, -0.05) is 41.9 Å². The number of hydrogen-bond acceptors (Lipinski definition) is 2. The number of nitrogens with two attached hydrogens (primary N) is 1. The van der Waals surface area contributed by atoms with Crippen molar-refractivity contribution in [2.75, 3.05) is 19.6 Å². The molecule has 0 aromatic heterocycles. The molecule has 1 heterocycles. The van der Waals surface area contributed by atoms with E-state index >= 15 is 0 Å². The Kier molecular flexibility index (Phi) is 6.12. The Hall–Kier alpha value is -2.53. The largest absolute Gasteiger partial charge is 0.369 e. The number of amides is 1. The van der Waals surface area contributed by atoms with Gasteiger partial charge in [0.2, 0.25) is 0 Å². The van der Waals surface area contributed by atoms with Crippen molar-refractivity contribution < 1.29 is 4.79 Å². The molecule has 0 bridgehead atoms. The fourth-order valence-corrected chi connectivity index (χ4v) is 3.24. The zero-order valence-corrected chi connectivity index (χ0v) is 15.4. The lowest BCUT2D eigenvalue weighted by molar-refractivity contribution is 0.0955. The lowest BCUT2D eigenvalue weighted by Gasteiger charge is -2.16. The molecule has 1 amide bonds. The maximum atomic E-state index is 12.6. The van der Waals surface area contributed by atoms with Crippen LogP contribution < -0.4 is 11.1 Å². The topological polar surface area (TPSA) is 70.7 Å². The summed E-state index contributed by atoms with van der Waals surface area (Å²) in [5.74, 6) is 0.310. The number of likely N-dealkylation sites (tertiary alicyclic amines) is 1. The van der Waals surface area contributed by atoms with Crippen molar-refractivity contribution in [1.82, 2.24) is 10.2 Å². The number of aliphatic imine (C=N–C) groups is 1. The second-order valence-electron chi connectivity index (χ2n) is 6.28. The van der Waals surface area contributed by atoms with Crippen LogP contribution >= 0.6 is 11.6 Å². The zero-order valence-electron chi connectivity index (χ0n) is 14.6. The fourth-order valence-electron chi connectivity index (χ4n) is 3.01. The summed E-state index contributed by atoms with van der Waals surface area (Å²) in [5, 5.41) is 3.65. The molecule has 0 spiro atoms. The highest BCUT2D eigenvalue weighted by atomic mass is 35.5. The van der Waals surface area contributed by atoms with Crippen molar-refractivity contribution in [2.45, 2.75) is 19.3 Å². The van der Waals surface area contributed by atoms with Crippen LogP contribution in [-0.4, -0.2) is 36.4 Å². The molecule has 2 aromatic carbocycles. The van der Waals surface area contributed by atoms with Crippen LogP contribution in [0.5, 0.6) is 0 Å². The van der Waals surface area contributed by atoms with E-state index in [0.717, 1.165) is 31.5 Å². The van der Waals surface area contributed by atoms with Gasteiger partial charge < -0.3 is 16.0 Å². The average Bonchev–Trinajstić information content (AvgIpc) is 3.18. The van der Waals surface area contributed by atoms with Crippen molar-refractivity contribution in [3.05, 3.63) is 64.7 Å². The minimum absolute atomic E-state index is 0.161. The number of carbonyl (C=O) groups excluding carboxylic acids is 1. The van der Waals surface area contributed by atoms with Crippen molar-refractivity contribution in [1.29, 1.82) is 0 Å². The van der Waals surface area contributed by atoms with Gasteiger partial charge in [-0.05, 0) is 43.0 Å². The monoisotopic (exact) mass is 370 g/mol. The summed E-state index contributed by atoms with van der Waals surface area (Å²) in [6.45, 7) is 2.34. The molecular formula is C20H23ClN4O. The number of benzene rings is 2. The maximum absolute atomic E-state index is 12.6. The minimum Gasteiger partial charge on any atom is -0.369 e. The third kappa shape index (κ3) is 4.55. The SMILES string of the molecule is NC(=Nc1ccccc1C(=O)NCCc1ccccc1Cl)N1CCCC1. The smallest absolute Gasteiger partial charge is 0.253 e. The molecule has 1 aliphatic heterocycles. The highest BCUT2D eigenvalue weighted by molar-refractivity contribution is 6.31. The molecule has 26 heavy (non-hydrogen) atoms. The molecule has 3 N–H and O–H groups in total. The van der Waals surface area contributed by atoms with Crippen molar-refractivity contribution in [3.8, 4) is 0 Å². The first-order chi connectivity index (χ1) is 12.6. The molecular weight excluding hydrogens is 348 g/mol. The van der Waals surface area contributed by atoms with Crippen molar-refractivity contribution in [3.63, 3.8) is 0 Å². The molecule has 5 nitrogen and oxygen atoms in total. The van der Waals surface area contributed by atoms with Crippen LogP contribution in [0.2, 0.25) is 5.02 Å². The van der Waals surface area contributed by atoms with Gasteiger partial charge >= 0.3 is 0 Å². The summed E-state index contributed by atoms with van der Waals surface area (Å²) < 4.78 is 0. The zero-order chi connectivity index (χ0) is 18.4. The van der Waals surface area contributed by atoms with Crippen LogP contribution in [0.15, 0.2) is 53.5 Å². The fraction of sp³-hybridized carbons (Fsp3) is 0.300. The number of para-hydroxylation sites is 1. The standard InChI is InChI=1S/C20H23ClN4O/c21-17-9-3-1-7-15(17)11-12-23-19(26)16-8-2-4-10-18(16)24-20(22)25-13-5-6-14-25/h1-4,7-10H,5-6,11-14H2,(H2,22,24)(H,23,26). The van der Waals surface area contributed by atoms with E-state index in [-0.39, 0.29) is 5.91 Å². The van der Waals surface area contributed by atoms with Gasteiger partial charge in [0, 0.05) is 24.7 Å². The number of halogens is 1. The van der Waals surface area contributed by atoms with Gasteiger partial charge in [0.25, 0.3) is 5.91 Å². The number of guanidine groups is 1. The first-order valence-corrected chi connectivity index (χ1v) is 9.22. The molecule has 3 rings (SSSR count). The Morgan fingerprint density at radius 2 is 1.81 bits per heavy atom. The van der Waals surface area contributed by atoms with Gasteiger partial charge in [-0.15, -0.1) is 0 Å². The third-order valence-electron chi connectivity index (χ3n) is 4.45. The summed E-state index contributed by atoms with van der Waals surface area (Å²) in [4.78, 5) is 19.1. The Balaban J connectivity index is 1.66. The van der Waals surface area contributed by atoms with Crippen molar-refractivity contribution in [2.24, 2.45) is 10.7 Å². The Morgan fingerprint density at radius 1 is 1.12 bits per heavy atom. The van der Waals surface area contributed by atoms with Crippen LogP contribution in [0.1, 0.15) is 28.8 Å². The van der Waals surface area contributed by atoms with E-state index in [0.29, 0.717) is 35.2 Å². The maximum Gasteiger partial charge on any atom is 0.253 e. The van der Waals surface area contributed by atoms with E-state index in [9.17, 15) is 4.79 Å². The van der Waals surface area contributed by atoms with Gasteiger partial charge in [0.15, 0.2) is 5.96 Å². The van der Waals surface area contributed by atoms with Crippen LogP contribution in [0.3, 0.4) is 0 Å². The Labute approximate surface area is 158 Å². The molecule has 1 aliphatic rings. The van der Waals surface area contributed by atoms with Crippen LogP contribution in [0, 0.1) is 0 Å². The third-order valence-corrected chi connectivity index (χ3v) is 4.82. The molecule has 0 unspecified atom stereocenters. The number of nitrogens with one attached hydrogen (secondary N) is 1. The molecule has 0 atom stereocenters. The Bertz CT molecular complexity index is 800. The number of hydrogen-bond donors (Lipinski definition) is 2. The Morgan fingerprint density at radius 3 is 2.58 bits per heavy atom. The quantitative estimate of drug-likeness (QED) is 0.626. The van der Waals surface area contributed by atoms with Gasteiger partial charge in [-0.3, -0.25) is 4.79 Å². The summed E-state index contributed by atoms with van der Waals surface area (Å²) in [6, 6.07) is 14.9. The average molecular weight is 371 g/mol. The molecule has 136 valence electrons. The highest BCUT2D eigenvalue weighted by Gasteiger charge is 2.15. The molecule has 6 heteroatoms. The van der Waals surface area contributed by atoms with Crippen molar-refractivity contribution >= 4 is 29.2 Å². The molecule has 1 fully saturated rings. The van der Waals surface area contributed by atoms with Crippen LogP contribution in [-0.2, 0) is 6.42 Å². The predicted octanol–water partition coefficient (Wildman–Crippen LogP) is 3.35. The molecule has 1 saturated heterocycles. The van der Waals surface area contributed by atoms with Gasteiger partial charge in [-0.25, -0.2) is 4.99 Å². The molecule has 0 saturated carbocycles. The van der Waals surface area contributed by atoms with Gasteiger partial charge in [0.05, 0.1) is 11.3 Å². The first kappa shape index (κ1) is 18.3. The molecule has 0 radical (unpaired) electrons. The highest BCUT2D eigenvalue weighted by Crippen LogP contribution is 2.20. The van der Waals surface area contributed by atoms with Crippen LogP contribution in [0.25, 0.3) is 0 Å². The second kappa shape index (κ2) is 8.72. The lowest BCUT2D eigenvalue weighted by atomic mass is 10.1. The van der Waals surface area contributed by atoms with Gasteiger partial charge in [0.1, 0.15) is 0 Å². The first-order valence-electron chi connectivity index (χ1n) is 8.85. The summed E-state index contributed by atoms with van der Waals surface area (Å²) in [7, 11) is 0. The van der Waals surface area contributed by atoms with E-state index in [4.69, 9.17) is 17.3 Å². The van der Waals surface area contributed by atoms with E-state index < -0.39 is 0 Å². The van der Waals surface area contributed by atoms with E-state index in [1.54, 1.807) is 6.07 Å². The molecule has 0 aliphatic carbocycles. The summed E-state index contributed by atoms with van der Waals surface area (Å²) in [6.07, 6.45) is 2.92. The summed E-state index contributed by atoms with van der Waals surface area (Å²) in [5.41, 5.74) is 8.23. The minimum atomic E-state index is -0.161. The number of rotatable bonds is 5. The summed E-state index contributed by atoms with van der Waals surface area (Å²) >= 11 is 6.15. The second-order valence-corrected chi connectivity index (χ2v) is 6.69. The van der Waals surface area contributed by atoms with Gasteiger partial charge in [-0.2, -0.15) is 0 Å². The number of nitrogens with zero attached hydrogens (tertiary/aromatic N) is 2. The van der Waals surface area contributed by atoms with E-state index in [2.05, 4.69) is 10.3 Å². The molecule has 2 aromatic rings. The predicted molar refractivity (Wildman–Crippen MR) is 106 cm³/mol. The van der Waals surface area contributed by atoms with E-state index in [1.807, 2.05) is 47.4 Å². The number of carbonyl (C=O) groups is 1. The van der Waals surface area contributed by atoms with Crippen LogP contribution in [0.4, 0.5) is 5.69 Å². The normalized spacial score (nSPS) is 14.5. The lowest BCUT2D eigenvalue weighted by Crippen LogP contribution is -2.34. The van der Waals surface area contributed by atoms with E-state index in [1.165, 1.54) is 0 Å².